The van der Waals surface area contributed by atoms with E-state index in [4.69, 9.17) is 14.2 Å². The number of hydrogen-bond acceptors (Lipinski definition) is 5. The van der Waals surface area contributed by atoms with Crippen molar-refractivity contribution in [3.8, 4) is 17.2 Å². The molecule has 0 saturated carbocycles. The van der Waals surface area contributed by atoms with Crippen molar-refractivity contribution >= 4 is 11.3 Å². The molecule has 0 saturated heterocycles. The predicted octanol–water partition coefficient (Wildman–Crippen LogP) is 3.44. The molecule has 0 amide bonds. The third-order valence-electron chi connectivity index (χ3n) is 3.38. The minimum Gasteiger partial charge on any atom is -0.493 e. The van der Waals surface area contributed by atoms with Crippen LogP contribution in [0.3, 0.4) is 0 Å². The molecule has 114 valence electrons. The zero-order valence-electron chi connectivity index (χ0n) is 12.5. The van der Waals surface area contributed by atoms with Crippen LogP contribution in [-0.4, -0.2) is 26.4 Å². The van der Waals surface area contributed by atoms with E-state index < -0.39 is 6.10 Å². The zero-order chi connectivity index (χ0) is 15.2. The second-order valence-corrected chi connectivity index (χ2v) is 5.39. The fourth-order valence-electron chi connectivity index (χ4n) is 2.28. The quantitative estimate of drug-likeness (QED) is 0.851. The Morgan fingerprint density at radius 2 is 1.81 bits per heavy atom. The maximum atomic E-state index is 10.4. The fraction of sp³-hybridized carbons (Fsp3) is 0.375. The first kappa shape index (κ1) is 15.7. The summed E-state index contributed by atoms with van der Waals surface area (Å²) in [7, 11) is 4.69. The molecule has 1 aromatic heterocycles. The monoisotopic (exact) mass is 308 g/mol. The average molecular weight is 308 g/mol. The van der Waals surface area contributed by atoms with Crippen molar-refractivity contribution in [1.82, 2.24) is 0 Å². The Morgan fingerprint density at radius 3 is 2.38 bits per heavy atom. The zero-order valence-corrected chi connectivity index (χ0v) is 13.3. The van der Waals surface area contributed by atoms with Crippen molar-refractivity contribution in [3.63, 3.8) is 0 Å². The topological polar surface area (TPSA) is 47.9 Å². The van der Waals surface area contributed by atoms with Crippen LogP contribution in [0.1, 0.15) is 23.7 Å². The third-order valence-corrected chi connectivity index (χ3v) is 4.11. The summed E-state index contributed by atoms with van der Waals surface area (Å²) in [5.41, 5.74) is 1.95. The number of rotatable bonds is 7. The number of aryl methyl sites for hydroxylation is 1. The summed E-state index contributed by atoms with van der Waals surface area (Å²) in [4.78, 5) is 0. The summed E-state index contributed by atoms with van der Waals surface area (Å²) in [6.45, 7) is 0. The van der Waals surface area contributed by atoms with Gasteiger partial charge in [0, 0.05) is 5.56 Å². The van der Waals surface area contributed by atoms with Crippen LogP contribution in [0.5, 0.6) is 17.2 Å². The van der Waals surface area contributed by atoms with Crippen LogP contribution in [0.25, 0.3) is 0 Å². The smallest absolute Gasteiger partial charge is 0.203 e. The Balaban J connectivity index is 2.21. The first-order valence-electron chi connectivity index (χ1n) is 6.69. The molecule has 1 N–H and O–H groups in total. The van der Waals surface area contributed by atoms with Gasteiger partial charge in [-0.05, 0) is 47.4 Å². The number of aliphatic hydroxyl groups excluding tert-OH is 1. The van der Waals surface area contributed by atoms with Crippen LogP contribution in [0, 0.1) is 0 Å². The number of hydrogen-bond donors (Lipinski definition) is 1. The van der Waals surface area contributed by atoms with Crippen LogP contribution >= 0.6 is 11.3 Å². The molecular formula is C16H20O4S. The Hall–Kier alpha value is -1.72. The van der Waals surface area contributed by atoms with E-state index in [-0.39, 0.29) is 0 Å². The molecule has 1 atom stereocenters. The summed E-state index contributed by atoms with van der Waals surface area (Å²) in [6, 6.07) is 5.67. The lowest BCUT2D eigenvalue weighted by molar-refractivity contribution is 0.162. The van der Waals surface area contributed by atoms with E-state index in [2.05, 4.69) is 11.4 Å². The van der Waals surface area contributed by atoms with Crippen LogP contribution in [0.2, 0.25) is 0 Å². The fourth-order valence-corrected chi connectivity index (χ4v) is 2.98. The number of thiophene rings is 1. The van der Waals surface area contributed by atoms with Crippen molar-refractivity contribution in [1.29, 1.82) is 0 Å². The number of methoxy groups -OCH3 is 3. The standard InChI is InChI=1S/C16H20O4S/c1-18-14-7-5-12(15(19-2)16(14)20-3)13(17)6-4-11-8-9-21-10-11/h5,7-10,13,17H,4,6H2,1-3H3. The molecule has 0 radical (unpaired) electrons. The van der Waals surface area contributed by atoms with Gasteiger partial charge in [0.15, 0.2) is 11.5 Å². The maximum absolute atomic E-state index is 10.4. The summed E-state index contributed by atoms with van der Waals surface area (Å²) in [6.07, 6.45) is 0.838. The van der Waals surface area contributed by atoms with Crippen LogP contribution < -0.4 is 14.2 Å². The molecule has 0 aliphatic rings. The Morgan fingerprint density at radius 1 is 1.05 bits per heavy atom. The molecule has 1 heterocycles. The van der Waals surface area contributed by atoms with Crippen molar-refractivity contribution in [3.05, 3.63) is 40.1 Å². The molecule has 0 bridgehead atoms. The molecular weight excluding hydrogens is 288 g/mol. The van der Waals surface area contributed by atoms with Crippen molar-refractivity contribution in [2.45, 2.75) is 18.9 Å². The van der Waals surface area contributed by atoms with Gasteiger partial charge >= 0.3 is 0 Å². The van der Waals surface area contributed by atoms with Gasteiger partial charge in [0.25, 0.3) is 0 Å². The van der Waals surface area contributed by atoms with Gasteiger partial charge in [-0.1, -0.05) is 0 Å². The van der Waals surface area contributed by atoms with Crippen molar-refractivity contribution in [2.24, 2.45) is 0 Å². The molecule has 0 fully saturated rings. The lowest BCUT2D eigenvalue weighted by Gasteiger charge is -2.19. The largest absolute Gasteiger partial charge is 0.493 e. The summed E-state index contributed by atoms with van der Waals surface area (Å²) in [5.74, 6) is 1.62. The Kier molecular flexibility index (Phi) is 5.47. The molecule has 0 aliphatic heterocycles. The first-order chi connectivity index (χ1) is 10.2. The van der Waals surface area contributed by atoms with Gasteiger partial charge in [-0.3, -0.25) is 0 Å². The number of benzene rings is 1. The van der Waals surface area contributed by atoms with Gasteiger partial charge in [0.05, 0.1) is 27.4 Å². The van der Waals surface area contributed by atoms with Crippen LogP contribution in [-0.2, 0) is 6.42 Å². The molecule has 1 unspecified atom stereocenters. The van der Waals surface area contributed by atoms with Gasteiger partial charge in [0.1, 0.15) is 0 Å². The molecule has 0 aliphatic carbocycles. The third kappa shape index (κ3) is 3.49. The van der Waals surface area contributed by atoms with Gasteiger partial charge in [0.2, 0.25) is 5.75 Å². The summed E-state index contributed by atoms with van der Waals surface area (Å²) in [5, 5.41) is 14.6. The van der Waals surface area contributed by atoms with E-state index in [1.54, 1.807) is 38.7 Å². The van der Waals surface area contributed by atoms with Crippen LogP contribution in [0.4, 0.5) is 0 Å². The van der Waals surface area contributed by atoms with E-state index in [1.807, 2.05) is 11.4 Å². The van der Waals surface area contributed by atoms with Gasteiger partial charge in [-0.15, -0.1) is 0 Å². The minimum atomic E-state index is -0.611. The minimum absolute atomic E-state index is 0.507. The highest BCUT2D eigenvalue weighted by Gasteiger charge is 2.20. The molecule has 2 rings (SSSR count). The van der Waals surface area contributed by atoms with E-state index in [0.29, 0.717) is 29.2 Å². The lowest BCUT2D eigenvalue weighted by atomic mass is 10.0. The van der Waals surface area contributed by atoms with Gasteiger partial charge in [-0.25, -0.2) is 0 Å². The first-order valence-corrected chi connectivity index (χ1v) is 7.63. The van der Waals surface area contributed by atoms with E-state index in [1.165, 1.54) is 5.56 Å². The van der Waals surface area contributed by atoms with Crippen LogP contribution in [0.15, 0.2) is 29.0 Å². The van der Waals surface area contributed by atoms with E-state index >= 15 is 0 Å². The lowest BCUT2D eigenvalue weighted by Crippen LogP contribution is -2.04. The average Bonchev–Trinajstić information content (AvgIpc) is 3.04. The highest BCUT2D eigenvalue weighted by atomic mass is 32.1. The van der Waals surface area contributed by atoms with E-state index in [9.17, 15) is 5.11 Å². The highest BCUT2D eigenvalue weighted by molar-refractivity contribution is 7.07. The van der Waals surface area contributed by atoms with Gasteiger partial charge < -0.3 is 19.3 Å². The second kappa shape index (κ2) is 7.33. The molecule has 0 spiro atoms. The summed E-state index contributed by atoms with van der Waals surface area (Å²) >= 11 is 1.66. The maximum Gasteiger partial charge on any atom is 0.203 e. The predicted molar refractivity (Wildman–Crippen MR) is 83.7 cm³/mol. The van der Waals surface area contributed by atoms with E-state index in [0.717, 1.165) is 6.42 Å². The molecule has 4 nitrogen and oxygen atoms in total. The highest BCUT2D eigenvalue weighted by Crippen LogP contribution is 2.42. The number of ether oxygens (including phenoxy) is 3. The molecule has 21 heavy (non-hydrogen) atoms. The van der Waals surface area contributed by atoms with Crippen molar-refractivity contribution < 1.29 is 19.3 Å². The second-order valence-electron chi connectivity index (χ2n) is 4.61. The normalized spacial score (nSPS) is 12.0. The van der Waals surface area contributed by atoms with Gasteiger partial charge in [-0.2, -0.15) is 11.3 Å². The molecule has 2 aromatic rings. The van der Waals surface area contributed by atoms with Crippen molar-refractivity contribution in [2.75, 3.05) is 21.3 Å². The molecule has 1 aromatic carbocycles. The summed E-state index contributed by atoms with van der Waals surface area (Å²) < 4.78 is 16.0. The Bertz CT molecular complexity index is 566. The molecule has 5 heteroatoms. The number of aliphatic hydroxyl groups is 1. The SMILES string of the molecule is COc1ccc(C(O)CCc2ccsc2)c(OC)c1OC. The Labute approximate surface area is 128 Å².